The smallest absolute Gasteiger partial charge is 0.248 e. The van der Waals surface area contributed by atoms with Crippen LogP contribution < -0.4 is 11.5 Å². The van der Waals surface area contributed by atoms with Crippen LogP contribution in [0.4, 0.5) is 5.69 Å². The molecule has 0 spiro atoms. The first-order valence-corrected chi connectivity index (χ1v) is 7.02. The van der Waals surface area contributed by atoms with Gasteiger partial charge < -0.3 is 11.5 Å². The Kier molecular flexibility index (Phi) is 3.16. The summed E-state index contributed by atoms with van der Waals surface area (Å²) in [6, 6.07) is 4.67. The van der Waals surface area contributed by atoms with Crippen LogP contribution >= 0.6 is 0 Å². The van der Waals surface area contributed by atoms with E-state index < -0.39 is 5.91 Å². The van der Waals surface area contributed by atoms with Gasteiger partial charge in [0.05, 0.1) is 18.4 Å². The molecule has 1 aliphatic carbocycles. The lowest BCUT2D eigenvalue weighted by Gasteiger charge is -2.17. The predicted octanol–water partition coefficient (Wildman–Crippen LogP) is 0.653. The summed E-state index contributed by atoms with van der Waals surface area (Å²) >= 11 is 0. The van der Waals surface area contributed by atoms with Gasteiger partial charge in [0, 0.05) is 11.3 Å². The van der Waals surface area contributed by atoms with Crippen LogP contribution in [0.3, 0.4) is 0 Å². The van der Waals surface area contributed by atoms with Crippen molar-refractivity contribution in [1.82, 2.24) is 4.90 Å². The predicted molar refractivity (Wildman–Crippen MR) is 75.8 cm³/mol. The molecule has 0 aromatic heterocycles. The lowest BCUT2D eigenvalue weighted by molar-refractivity contribution is -0.141. The number of imide groups is 1. The number of anilines is 1. The minimum absolute atomic E-state index is 0.0964. The third-order valence-corrected chi connectivity index (χ3v) is 4.44. The summed E-state index contributed by atoms with van der Waals surface area (Å²) in [6.45, 7) is 0.162. The van der Waals surface area contributed by atoms with Crippen molar-refractivity contribution in [3.8, 4) is 0 Å². The van der Waals surface area contributed by atoms with Crippen LogP contribution in [0.2, 0.25) is 0 Å². The fourth-order valence-electron chi connectivity index (χ4n) is 3.28. The molecule has 1 aromatic carbocycles. The van der Waals surface area contributed by atoms with Crippen molar-refractivity contribution in [2.24, 2.45) is 17.6 Å². The van der Waals surface area contributed by atoms with Crippen LogP contribution in [0.25, 0.3) is 0 Å². The van der Waals surface area contributed by atoms with Gasteiger partial charge in [-0.25, -0.2) is 0 Å². The van der Waals surface area contributed by atoms with E-state index in [1.807, 2.05) is 0 Å². The van der Waals surface area contributed by atoms with Crippen LogP contribution in [-0.2, 0) is 16.1 Å². The number of carbonyl (C=O) groups is 3. The van der Waals surface area contributed by atoms with Gasteiger partial charge in [0.2, 0.25) is 17.7 Å². The number of rotatable bonds is 3. The van der Waals surface area contributed by atoms with Gasteiger partial charge in [-0.15, -0.1) is 0 Å². The number of hydrogen-bond donors (Lipinski definition) is 2. The zero-order valence-corrected chi connectivity index (χ0v) is 11.5. The van der Waals surface area contributed by atoms with E-state index >= 15 is 0 Å². The maximum absolute atomic E-state index is 12.3. The second-order valence-corrected chi connectivity index (χ2v) is 5.68. The van der Waals surface area contributed by atoms with E-state index in [0.29, 0.717) is 16.8 Å². The van der Waals surface area contributed by atoms with Gasteiger partial charge in [-0.3, -0.25) is 19.3 Å². The number of nitrogens with zero attached hydrogens (tertiary/aromatic N) is 1. The van der Waals surface area contributed by atoms with E-state index in [-0.39, 0.29) is 30.2 Å². The number of amides is 3. The summed E-state index contributed by atoms with van der Waals surface area (Å²) in [4.78, 5) is 36.9. The molecule has 6 nitrogen and oxygen atoms in total. The van der Waals surface area contributed by atoms with Gasteiger partial charge in [-0.1, -0.05) is 12.5 Å². The van der Waals surface area contributed by atoms with Crippen molar-refractivity contribution in [3.05, 3.63) is 29.3 Å². The zero-order chi connectivity index (χ0) is 15.1. The minimum atomic E-state index is -0.559. The van der Waals surface area contributed by atoms with E-state index in [2.05, 4.69) is 0 Å². The van der Waals surface area contributed by atoms with Gasteiger partial charge in [-0.05, 0) is 30.5 Å². The van der Waals surface area contributed by atoms with Gasteiger partial charge in [0.25, 0.3) is 0 Å². The number of nitrogens with two attached hydrogens (primary N) is 2. The van der Waals surface area contributed by atoms with E-state index in [1.54, 1.807) is 12.1 Å². The third-order valence-electron chi connectivity index (χ3n) is 4.44. The topological polar surface area (TPSA) is 106 Å². The van der Waals surface area contributed by atoms with Crippen molar-refractivity contribution in [2.75, 3.05) is 5.73 Å². The van der Waals surface area contributed by atoms with Crippen LogP contribution in [-0.4, -0.2) is 22.6 Å². The number of benzene rings is 1. The normalized spacial score (nSPS) is 24.5. The standard InChI is InChI=1S/C15H17N3O3/c16-12-6-8(13(17)19)4-5-9(12)7-18-14(20)10-2-1-3-11(10)15(18)21/h4-6,10-11H,1-3,7,16H2,(H2,17,19). The number of likely N-dealkylation sites (tertiary alicyclic amines) is 1. The molecule has 4 N–H and O–H groups in total. The molecule has 110 valence electrons. The second kappa shape index (κ2) is 4.87. The van der Waals surface area contributed by atoms with Crippen molar-refractivity contribution >= 4 is 23.4 Å². The summed E-state index contributed by atoms with van der Waals surface area (Å²) < 4.78 is 0. The third kappa shape index (κ3) is 2.16. The molecule has 1 aliphatic heterocycles. The molecule has 3 rings (SSSR count). The van der Waals surface area contributed by atoms with Gasteiger partial charge in [0.15, 0.2) is 0 Å². The Balaban J connectivity index is 1.82. The van der Waals surface area contributed by atoms with Crippen LogP contribution in [0.5, 0.6) is 0 Å². The van der Waals surface area contributed by atoms with Crippen LogP contribution in [0.1, 0.15) is 35.2 Å². The van der Waals surface area contributed by atoms with Gasteiger partial charge in [-0.2, -0.15) is 0 Å². The molecular weight excluding hydrogens is 270 g/mol. The fraction of sp³-hybridized carbons (Fsp3) is 0.400. The second-order valence-electron chi connectivity index (χ2n) is 5.68. The highest BCUT2D eigenvalue weighted by Gasteiger charge is 2.49. The van der Waals surface area contributed by atoms with Gasteiger partial charge in [0.1, 0.15) is 0 Å². The lowest BCUT2D eigenvalue weighted by atomic mass is 10.00. The molecule has 2 fully saturated rings. The van der Waals surface area contributed by atoms with E-state index in [4.69, 9.17) is 11.5 Å². The molecule has 2 aliphatic rings. The quantitative estimate of drug-likeness (QED) is 0.628. The number of carbonyl (C=O) groups excluding carboxylic acids is 3. The molecular formula is C15H17N3O3. The summed E-state index contributed by atoms with van der Waals surface area (Å²) in [5.74, 6) is -1.05. The minimum Gasteiger partial charge on any atom is -0.398 e. The van der Waals surface area contributed by atoms with Crippen LogP contribution in [0, 0.1) is 11.8 Å². The molecule has 0 bridgehead atoms. The molecule has 1 aromatic rings. The van der Waals surface area contributed by atoms with Crippen molar-refractivity contribution < 1.29 is 14.4 Å². The van der Waals surface area contributed by atoms with E-state index in [0.717, 1.165) is 19.3 Å². The van der Waals surface area contributed by atoms with E-state index in [1.165, 1.54) is 11.0 Å². The SMILES string of the molecule is NC(=O)c1ccc(CN2C(=O)C3CCCC3C2=O)c(N)c1. The molecule has 1 saturated carbocycles. The Labute approximate surface area is 122 Å². The summed E-state index contributed by atoms with van der Waals surface area (Å²) in [6.07, 6.45) is 2.53. The molecule has 21 heavy (non-hydrogen) atoms. The lowest BCUT2D eigenvalue weighted by Crippen LogP contribution is -2.31. The maximum Gasteiger partial charge on any atom is 0.248 e. The van der Waals surface area contributed by atoms with Crippen molar-refractivity contribution in [3.63, 3.8) is 0 Å². The highest BCUT2D eigenvalue weighted by Crippen LogP contribution is 2.40. The molecule has 2 unspecified atom stereocenters. The number of nitrogen functional groups attached to an aromatic ring is 1. The number of hydrogen-bond acceptors (Lipinski definition) is 4. The summed E-state index contributed by atoms with van der Waals surface area (Å²) in [7, 11) is 0. The Bertz CT molecular complexity index is 619. The fourth-order valence-corrected chi connectivity index (χ4v) is 3.28. The first kappa shape index (κ1) is 13.6. The number of primary amides is 1. The Morgan fingerprint density at radius 3 is 2.33 bits per heavy atom. The zero-order valence-electron chi connectivity index (χ0n) is 11.5. The molecule has 2 atom stereocenters. The molecule has 0 radical (unpaired) electrons. The van der Waals surface area contributed by atoms with Crippen molar-refractivity contribution in [2.45, 2.75) is 25.8 Å². The maximum atomic E-state index is 12.3. The molecule has 3 amide bonds. The monoisotopic (exact) mass is 287 g/mol. The van der Waals surface area contributed by atoms with Crippen molar-refractivity contribution in [1.29, 1.82) is 0 Å². The highest BCUT2D eigenvalue weighted by molar-refractivity contribution is 6.05. The summed E-state index contributed by atoms with van der Waals surface area (Å²) in [5.41, 5.74) is 12.4. The Morgan fingerprint density at radius 2 is 1.81 bits per heavy atom. The van der Waals surface area contributed by atoms with Gasteiger partial charge >= 0.3 is 0 Å². The molecule has 1 saturated heterocycles. The Hall–Kier alpha value is -2.37. The Morgan fingerprint density at radius 1 is 1.19 bits per heavy atom. The highest BCUT2D eigenvalue weighted by atomic mass is 16.2. The van der Waals surface area contributed by atoms with E-state index in [9.17, 15) is 14.4 Å². The van der Waals surface area contributed by atoms with Crippen LogP contribution in [0.15, 0.2) is 18.2 Å². The first-order chi connectivity index (χ1) is 9.99. The largest absolute Gasteiger partial charge is 0.398 e. The number of fused-ring (bicyclic) bond motifs is 1. The molecule has 1 heterocycles. The average molecular weight is 287 g/mol. The average Bonchev–Trinajstić information content (AvgIpc) is 3.00. The molecule has 6 heteroatoms. The summed E-state index contributed by atoms with van der Waals surface area (Å²) in [5, 5.41) is 0. The first-order valence-electron chi connectivity index (χ1n) is 7.02.